The second-order valence-electron chi connectivity index (χ2n) is 36.3. The van der Waals surface area contributed by atoms with Gasteiger partial charge in [0.2, 0.25) is 0 Å². The van der Waals surface area contributed by atoms with Crippen molar-refractivity contribution in [1.82, 2.24) is 0 Å². The molecule has 14 aliphatic rings. The number of aliphatic hydroxyl groups is 4. The Kier molecular flexibility index (Phi) is 16.9. The molecule has 14 nitrogen and oxygen atoms in total. The first-order chi connectivity index (χ1) is 41.1. The zero-order chi connectivity index (χ0) is 63.3. The van der Waals surface area contributed by atoms with Crippen molar-refractivity contribution in [1.29, 1.82) is 0 Å². The van der Waals surface area contributed by atoms with Gasteiger partial charge < -0.3 is 58.3 Å². The summed E-state index contributed by atoms with van der Waals surface area (Å²) in [6.45, 7) is 35.4. The lowest BCUT2D eigenvalue weighted by molar-refractivity contribution is -0.242. The first kappa shape index (κ1) is 67.5. The molecule has 4 aliphatic heterocycles. The predicted molar refractivity (Wildman–Crippen MR) is 340 cm³/mol. The lowest BCUT2D eigenvalue weighted by Crippen LogP contribution is -2.60. The molecule has 0 amide bonds. The normalized spacial score (nSPS) is 52.7. The van der Waals surface area contributed by atoms with Crippen LogP contribution in [0.25, 0.3) is 0 Å². The van der Waals surface area contributed by atoms with Crippen LogP contribution in [0.4, 0.5) is 0 Å². The first-order valence-electron chi connectivity index (χ1n) is 36.1. The van der Waals surface area contributed by atoms with Crippen LogP contribution in [0.3, 0.4) is 0 Å². The number of ether oxygens (including phenoxy) is 8. The molecule has 14 rings (SSSR count). The summed E-state index contributed by atoms with van der Waals surface area (Å²) in [4.78, 5) is 24.1. The van der Waals surface area contributed by atoms with Gasteiger partial charge in [-0.3, -0.25) is 9.59 Å². The fraction of sp³-hybridized carbons (Fsp3) is 0.973. The molecule has 0 radical (unpaired) electrons. The maximum Gasteiger partial charge on any atom is 0.303 e. The van der Waals surface area contributed by atoms with Crippen molar-refractivity contribution in [3.05, 3.63) is 0 Å². The Hall–Kier alpha value is -1.46. The fourth-order valence-electron chi connectivity index (χ4n) is 27.2. The van der Waals surface area contributed by atoms with Crippen LogP contribution < -0.4 is 0 Å². The minimum absolute atomic E-state index is 0. The maximum absolute atomic E-state index is 12.5. The van der Waals surface area contributed by atoms with E-state index in [0.29, 0.717) is 47.3 Å². The summed E-state index contributed by atoms with van der Waals surface area (Å²) in [5.74, 6) is 2.42. The van der Waals surface area contributed by atoms with Gasteiger partial charge in [-0.2, -0.15) is 0 Å². The highest BCUT2D eigenvalue weighted by atomic mass is 16.7. The number of esters is 2. The summed E-state index contributed by atoms with van der Waals surface area (Å²) in [5.41, 5.74) is -1.58. The first-order valence-corrected chi connectivity index (χ1v) is 36.1. The molecule has 10 aliphatic carbocycles. The van der Waals surface area contributed by atoms with E-state index in [9.17, 15) is 30.0 Å². The van der Waals surface area contributed by atoms with Crippen molar-refractivity contribution in [2.75, 3.05) is 13.2 Å². The van der Waals surface area contributed by atoms with Crippen LogP contribution in [0.1, 0.15) is 259 Å². The van der Waals surface area contributed by atoms with Crippen LogP contribution in [-0.2, 0) is 47.5 Å². The third-order valence-corrected chi connectivity index (χ3v) is 31.1. The number of carbonyl (C=O) groups is 2. The molecular weight excluding hydrogens is 1120 g/mol. The highest BCUT2D eigenvalue weighted by Gasteiger charge is 2.87. The molecule has 4 saturated heterocycles. The average Bonchev–Trinajstić information content (AvgIpc) is 1.47. The molecule has 4 spiro atoms. The number of fused-ring (bicyclic) bond motifs is 8. The third kappa shape index (κ3) is 9.55. The quantitative estimate of drug-likeness (QED) is 0.119. The van der Waals surface area contributed by atoms with Gasteiger partial charge in [0.1, 0.15) is 0 Å². The largest absolute Gasteiger partial charge is 0.457 e. The third-order valence-electron chi connectivity index (χ3n) is 31.1. The summed E-state index contributed by atoms with van der Waals surface area (Å²) in [6.07, 6.45) is 21.0. The molecule has 508 valence electrons. The van der Waals surface area contributed by atoms with Crippen molar-refractivity contribution in [3.63, 3.8) is 0 Å². The van der Waals surface area contributed by atoms with E-state index < -0.39 is 59.8 Å². The molecule has 0 bridgehead atoms. The SMILES string of the molecule is C.CC(=O)O[C@@H]([C@H]1C[C@@H](C)[C@H]2[C@H](O1)[C@H](O)[C@@]1(C)[C@@H]3CC[C@H]4C(C)(C)[C@@H](O[C@H]5CCCCO5)CC[C@@]45C[C@@]35CC[C@]21C)C(C)(C)O.CC(=O)O[C@@H]([C@H]1C[C@@H](C)[C@H]2[C@H](O1)[C@H](O)[C@@]1(C)[C@@H]3CC[C@H]4C(C)(C)[C@@H](O[C@H]5CCCCO5)CC[C@@]45C[C@@]35CC[C@]21C)C(C)(C)O. The molecule has 0 aromatic carbocycles. The lowest BCUT2D eigenvalue weighted by Gasteiger charge is -2.64. The maximum atomic E-state index is 12.5. The van der Waals surface area contributed by atoms with Crippen molar-refractivity contribution in [3.8, 4) is 0 Å². The lowest BCUT2D eigenvalue weighted by atomic mass is 9.41. The molecule has 0 aromatic rings. The Balaban J connectivity index is 0.000000171. The second kappa shape index (κ2) is 22.3. The highest BCUT2D eigenvalue weighted by molar-refractivity contribution is 5.66. The van der Waals surface area contributed by atoms with Crippen molar-refractivity contribution in [2.45, 2.75) is 344 Å². The van der Waals surface area contributed by atoms with Crippen LogP contribution in [0.5, 0.6) is 0 Å². The van der Waals surface area contributed by atoms with Crippen molar-refractivity contribution >= 4 is 11.9 Å². The van der Waals surface area contributed by atoms with Crippen molar-refractivity contribution in [2.24, 2.45) is 101 Å². The smallest absolute Gasteiger partial charge is 0.303 e. The predicted octanol–water partition coefficient (Wildman–Crippen LogP) is 13.5. The number of aliphatic hydroxyl groups excluding tert-OH is 2. The van der Waals surface area contributed by atoms with Gasteiger partial charge >= 0.3 is 11.9 Å². The van der Waals surface area contributed by atoms with E-state index in [1.165, 1.54) is 78.1 Å². The highest BCUT2D eigenvalue weighted by Crippen LogP contribution is 2.91. The van der Waals surface area contributed by atoms with Crippen LogP contribution in [0, 0.1) is 101 Å². The fourth-order valence-corrected chi connectivity index (χ4v) is 27.2. The molecular formula is C75H124O14. The summed E-state index contributed by atoms with van der Waals surface area (Å²) >= 11 is 0. The van der Waals surface area contributed by atoms with E-state index >= 15 is 0 Å². The molecule has 14 heteroatoms. The zero-order valence-electron chi connectivity index (χ0n) is 57.4. The molecule has 10 saturated carbocycles. The standard InChI is InChI=1S/2C37H60O7.CH4/c2*1-21-19-23(31(33(5,6)40)42-22(2)38)43-29-28(21)34(7)16-17-37-20-36(37)15-14-26(44-27-11-9-10-18-41-27)32(3,4)24(36)12-13-25(37)35(34,8)30(29)39;/h2*21,23-31,39-40H,9-20H2,1-8H3;1H4/t2*21-,23-,24+,25+,26+,27+,28+,29+,30+,31+,34-,35-,36-,37+;/m11./s1. The van der Waals surface area contributed by atoms with Crippen LogP contribution in [-0.4, -0.2) is 130 Å². The van der Waals surface area contributed by atoms with E-state index in [1.807, 2.05) is 0 Å². The monoisotopic (exact) mass is 1250 g/mol. The molecule has 0 unspecified atom stereocenters. The molecule has 14 fully saturated rings. The van der Waals surface area contributed by atoms with Gasteiger partial charge in [-0.1, -0.05) is 76.7 Å². The summed E-state index contributed by atoms with van der Waals surface area (Å²) in [5, 5.41) is 47.0. The number of hydrogen-bond donors (Lipinski definition) is 4. The van der Waals surface area contributed by atoms with Gasteiger partial charge in [-0.15, -0.1) is 0 Å². The van der Waals surface area contributed by atoms with Gasteiger partial charge in [-0.25, -0.2) is 0 Å². The summed E-state index contributed by atoms with van der Waals surface area (Å²) < 4.78 is 50.6. The average molecular weight is 1250 g/mol. The van der Waals surface area contributed by atoms with Gasteiger partial charge in [-0.05, 0) is 260 Å². The van der Waals surface area contributed by atoms with Crippen LogP contribution in [0.2, 0.25) is 0 Å². The second-order valence-corrected chi connectivity index (χ2v) is 36.3. The van der Waals surface area contributed by atoms with E-state index in [4.69, 9.17) is 37.9 Å². The Morgan fingerprint density at radius 3 is 1.17 bits per heavy atom. The minimum atomic E-state index is -1.24. The number of hydrogen-bond acceptors (Lipinski definition) is 14. The molecule has 4 heterocycles. The number of rotatable bonds is 10. The number of carbonyl (C=O) groups excluding carboxylic acids is 2. The van der Waals surface area contributed by atoms with Crippen molar-refractivity contribution < 1.29 is 67.9 Å². The Morgan fingerprint density at radius 2 is 0.843 bits per heavy atom. The Morgan fingerprint density at radius 1 is 0.494 bits per heavy atom. The molecule has 89 heavy (non-hydrogen) atoms. The van der Waals surface area contributed by atoms with Gasteiger partial charge in [0.25, 0.3) is 0 Å². The zero-order valence-corrected chi connectivity index (χ0v) is 57.4. The van der Waals surface area contributed by atoms with E-state index in [-0.39, 0.29) is 111 Å². The van der Waals surface area contributed by atoms with E-state index in [1.54, 1.807) is 27.7 Å². The molecule has 28 atom stereocenters. The van der Waals surface area contributed by atoms with E-state index in [2.05, 4.69) is 69.2 Å². The summed E-state index contributed by atoms with van der Waals surface area (Å²) in [7, 11) is 0. The van der Waals surface area contributed by atoms with Gasteiger partial charge in [0.15, 0.2) is 24.8 Å². The van der Waals surface area contributed by atoms with Gasteiger partial charge in [0.05, 0.1) is 60.0 Å². The Labute approximate surface area is 536 Å². The topological polar surface area (TPSA) is 189 Å². The summed E-state index contributed by atoms with van der Waals surface area (Å²) in [6, 6.07) is 0. The Bertz CT molecular complexity index is 2460. The van der Waals surface area contributed by atoms with Gasteiger partial charge in [0, 0.05) is 37.9 Å². The van der Waals surface area contributed by atoms with Crippen LogP contribution in [0.15, 0.2) is 0 Å². The van der Waals surface area contributed by atoms with E-state index in [0.717, 1.165) is 77.4 Å². The molecule has 0 aromatic heterocycles. The molecule has 4 N–H and O–H groups in total. The van der Waals surface area contributed by atoms with Crippen LogP contribution >= 0.6 is 0 Å². The minimum Gasteiger partial charge on any atom is -0.457 e.